The summed E-state index contributed by atoms with van der Waals surface area (Å²) >= 11 is 1.73. The number of carbonyl (C=O) groups excluding carboxylic acids is 1. The van der Waals surface area contributed by atoms with Gasteiger partial charge in [-0.15, -0.1) is 0 Å². The highest BCUT2D eigenvalue weighted by molar-refractivity contribution is 7.99. The van der Waals surface area contributed by atoms with Gasteiger partial charge < -0.3 is 10.4 Å². The van der Waals surface area contributed by atoms with Crippen molar-refractivity contribution in [3.8, 4) is 0 Å². The Bertz CT molecular complexity index is 434. The number of amides is 1. The minimum absolute atomic E-state index is 0.0351. The number of benzene rings is 1. The fourth-order valence-electron chi connectivity index (χ4n) is 1.47. The Morgan fingerprint density at radius 2 is 1.94 bits per heavy atom. The highest BCUT2D eigenvalue weighted by Gasteiger charge is 2.15. The van der Waals surface area contributed by atoms with E-state index in [4.69, 9.17) is 5.11 Å². The first-order valence-electron chi connectivity index (χ1n) is 5.69. The topological polar surface area (TPSA) is 66.4 Å². The lowest BCUT2D eigenvalue weighted by molar-refractivity contribution is 0.0691. The fraction of sp³-hybridized carbons (Fsp3) is 0.385. The van der Waals surface area contributed by atoms with Crippen LogP contribution in [0.5, 0.6) is 0 Å². The van der Waals surface area contributed by atoms with Crippen LogP contribution in [0, 0.1) is 0 Å². The van der Waals surface area contributed by atoms with Gasteiger partial charge in [-0.25, -0.2) is 4.79 Å². The van der Waals surface area contributed by atoms with E-state index in [1.54, 1.807) is 23.9 Å². The molecule has 2 N–H and O–H groups in total. The van der Waals surface area contributed by atoms with Gasteiger partial charge in [0, 0.05) is 11.8 Å². The number of thioether (sulfide) groups is 1. The van der Waals surface area contributed by atoms with Crippen LogP contribution in [0.2, 0.25) is 0 Å². The predicted octanol–water partition coefficient (Wildman–Crippen LogP) is 2.26. The Morgan fingerprint density at radius 1 is 1.33 bits per heavy atom. The Balaban J connectivity index is 2.64. The van der Waals surface area contributed by atoms with Crippen molar-refractivity contribution in [2.24, 2.45) is 0 Å². The summed E-state index contributed by atoms with van der Waals surface area (Å²) in [7, 11) is 0. The molecule has 0 aliphatic heterocycles. The molecule has 0 aliphatic carbocycles. The quantitative estimate of drug-likeness (QED) is 0.829. The number of carboxylic acids is 1. The summed E-state index contributed by atoms with van der Waals surface area (Å²) in [6.45, 7) is 2.64. The number of rotatable bonds is 6. The molecule has 0 saturated heterocycles. The summed E-state index contributed by atoms with van der Waals surface area (Å²) < 4.78 is 0. The number of hydrogen-bond acceptors (Lipinski definition) is 3. The Kier molecular flexibility index (Phi) is 5.71. The van der Waals surface area contributed by atoms with Crippen LogP contribution in [-0.4, -0.2) is 35.0 Å². The molecule has 0 bridgehead atoms. The predicted molar refractivity (Wildman–Crippen MR) is 73.3 cm³/mol. The molecule has 0 saturated carbocycles. The highest BCUT2D eigenvalue weighted by atomic mass is 32.2. The summed E-state index contributed by atoms with van der Waals surface area (Å²) in [6.07, 6.45) is 2.88. The molecule has 0 heterocycles. The molecule has 0 aliphatic rings. The zero-order chi connectivity index (χ0) is 13.5. The van der Waals surface area contributed by atoms with Crippen molar-refractivity contribution >= 4 is 23.6 Å². The second kappa shape index (κ2) is 7.06. The number of carbonyl (C=O) groups is 2. The van der Waals surface area contributed by atoms with E-state index in [9.17, 15) is 9.59 Å². The number of carboxylic acid groups (broad SMARTS) is 1. The third-order valence-corrected chi connectivity index (χ3v) is 3.68. The van der Waals surface area contributed by atoms with Crippen LogP contribution < -0.4 is 5.32 Å². The van der Waals surface area contributed by atoms with E-state index in [1.165, 1.54) is 12.1 Å². The third-order valence-electron chi connectivity index (χ3n) is 2.64. The van der Waals surface area contributed by atoms with E-state index < -0.39 is 5.97 Å². The van der Waals surface area contributed by atoms with E-state index in [-0.39, 0.29) is 17.0 Å². The van der Waals surface area contributed by atoms with Crippen LogP contribution in [-0.2, 0) is 0 Å². The minimum atomic E-state index is -1.08. The fourth-order valence-corrected chi connectivity index (χ4v) is 1.82. The molecule has 1 rings (SSSR count). The molecule has 1 amide bonds. The molecule has 0 aromatic heterocycles. The smallest absolute Gasteiger partial charge is 0.336 e. The lowest BCUT2D eigenvalue weighted by Crippen LogP contribution is -2.27. The van der Waals surface area contributed by atoms with Crippen LogP contribution in [0.3, 0.4) is 0 Å². The van der Waals surface area contributed by atoms with Gasteiger partial charge in [0.25, 0.3) is 5.91 Å². The standard InChI is InChI=1S/C13H17NO3S/c1-9(18-2)7-8-14-12(15)10-5-3-4-6-11(10)13(16)17/h3-6,9H,7-8H2,1-2H3,(H,14,15)(H,16,17). The van der Waals surface area contributed by atoms with Gasteiger partial charge in [0.2, 0.25) is 0 Å². The first-order valence-corrected chi connectivity index (χ1v) is 6.98. The second-order valence-electron chi connectivity index (χ2n) is 3.94. The van der Waals surface area contributed by atoms with Gasteiger partial charge in [-0.1, -0.05) is 19.1 Å². The summed E-state index contributed by atoms with van der Waals surface area (Å²) in [5.41, 5.74) is 0.245. The van der Waals surface area contributed by atoms with Gasteiger partial charge in [-0.05, 0) is 24.8 Å². The lowest BCUT2D eigenvalue weighted by Gasteiger charge is -2.10. The SMILES string of the molecule is CSC(C)CCNC(=O)c1ccccc1C(=O)O. The lowest BCUT2D eigenvalue weighted by atomic mass is 10.1. The van der Waals surface area contributed by atoms with E-state index in [0.29, 0.717) is 11.8 Å². The maximum atomic E-state index is 11.9. The molecule has 0 spiro atoms. The molecule has 0 fully saturated rings. The Hall–Kier alpha value is -1.49. The zero-order valence-electron chi connectivity index (χ0n) is 10.5. The van der Waals surface area contributed by atoms with Crippen molar-refractivity contribution < 1.29 is 14.7 Å². The average molecular weight is 267 g/mol. The second-order valence-corrected chi connectivity index (χ2v) is 5.22. The van der Waals surface area contributed by atoms with E-state index in [2.05, 4.69) is 12.2 Å². The molecule has 5 heteroatoms. The van der Waals surface area contributed by atoms with Gasteiger partial charge in [0.1, 0.15) is 0 Å². The van der Waals surface area contributed by atoms with Crippen molar-refractivity contribution in [2.75, 3.05) is 12.8 Å². The van der Waals surface area contributed by atoms with Gasteiger partial charge in [0.05, 0.1) is 11.1 Å². The molecular formula is C13H17NO3S. The highest BCUT2D eigenvalue weighted by Crippen LogP contribution is 2.10. The molecule has 1 aromatic rings. The van der Waals surface area contributed by atoms with Crippen molar-refractivity contribution in [3.05, 3.63) is 35.4 Å². The molecule has 1 unspecified atom stereocenters. The molecule has 1 atom stereocenters. The average Bonchev–Trinajstić information content (AvgIpc) is 2.38. The summed E-state index contributed by atoms with van der Waals surface area (Å²) in [5.74, 6) is -1.42. The van der Waals surface area contributed by atoms with Gasteiger partial charge >= 0.3 is 5.97 Å². The third kappa shape index (κ3) is 4.07. The van der Waals surface area contributed by atoms with Crippen LogP contribution >= 0.6 is 11.8 Å². The van der Waals surface area contributed by atoms with Gasteiger partial charge in [-0.3, -0.25) is 4.79 Å². The molecule has 98 valence electrons. The van der Waals surface area contributed by atoms with Crippen LogP contribution in [0.1, 0.15) is 34.1 Å². The van der Waals surface area contributed by atoms with Crippen LogP contribution in [0.25, 0.3) is 0 Å². The maximum absolute atomic E-state index is 11.9. The van der Waals surface area contributed by atoms with E-state index in [0.717, 1.165) is 6.42 Å². The molecule has 0 radical (unpaired) electrons. The summed E-state index contributed by atoms with van der Waals surface area (Å²) in [4.78, 5) is 22.8. The van der Waals surface area contributed by atoms with Crippen molar-refractivity contribution in [2.45, 2.75) is 18.6 Å². The van der Waals surface area contributed by atoms with Crippen molar-refractivity contribution in [3.63, 3.8) is 0 Å². The maximum Gasteiger partial charge on any atom is 0.336 e. The molecule has 1 aromatic carbocycles. The minimum Gasteiger partial charge on any atom is -0.478 e. The van der Waals surface area contributed by atoms with Gasteiger partial charge in [-0.2, -0.15) is 11.8 Å². The summed E-state index contributed by atoms with van der Waals surface area (Å²) in [6, 6.07) is 6.22. The van der Waals surface area contributed by atoms with E-state index >= 15 is 0 Å². The van der Waals surface area contributed by atoms with Gasteiger partial charge in [0.15, 0.2) is 0 Å². The largest absolute Gasteiger partial charge is 0.478 e. The van der Waals surface area contributed by atoms with Crippen molar-refractivity contribution in [1.82, 2.24) is 5.32 Å². The normalized spacial score (nSPS) is 11.9. The monoisotopic (exact) mass is 267 g/mol. The zero-order valence-corrected chi connectivity index (χ0v) is 11.3. The Labute approximate surface area is 111 Å². The molecule has 18 heavy (non-hydrogen) atoms. The summed E-state index contributed by atoms with van der Waals surface area (Å²) in [5, 5.41) is 12.2. The number of aromatic carboxylic acids is 1. The first kappa shape index (κ1) is 14.6. The van der Waals surface area contributed by atoms with Crippen LogP contribution in [0.15, 0.2) is 24.3 Å². The van der Waals surface area contributed by atoms with Crippen molar-refractivity contribution in [1.29, 1.82) is 0 Å². The van der Waals surface area contributed by atoms with E-state index in [1.807, 2.05) is 6.26 Å². The first-order chi connectivity index (χ1) is 8.56. The van der Waals surface area contributed by atoms with Crippen LogP contribution in [0.4, 0.5) is 0 Å². The number of hydrogen-bond donors (Lipinski definition) is 2. The molecular weight excluding hydrogens is 250 g/mol. The Morgan fingerprint density at radius 3 is 2.50 bits per heavy atom. The number of nitrogens with one attached hydrogen (secondary N) is 1. The molecule has 4 nitrogen and oxygen atoms in total.